The first-order valence-electron chi connectivity index (χ1n) is 4.56. The summed E-state index contributed by atoms with van der Waals surface area (Å²) in [6.45, 7) is 4.28. The molecule has 0 aliphatic carbocycles. The van der Waals surface area contributed by atoms with Crippen molar-refractivity contribution in [3.63, 3.8) is 0 Å². The van der Waals surface area contributed by atoms with Gasteiger partial charge < -0.3 is 0 Å². The number of unbranched alkanes of at least 4 members (excludes halogenated alkanes) is 7. The van der Waals surface area contributed by atoms with Crippen LogP contribution in [0.5, 0.6) is 0 Å². The molecule has 0 saturated carbocycles. The van der Waals surface area contributed by atoms with E-state index >= 15 is 0 Å². The summed E-state index contributed by atoms with van der Waals surface area (Å²) in [5.74, 6) is 0. The molecule has 60 valence electrons. The topological polar surface area (TPSA) is 0 Å². The van der Waals surface area contributed by atoms with Crippen LogP contribution in [0.3, 0.4) is 0 Å². The second kappa shape index (κ2) is 9.00. The third-order valence-electron chi connectivity index (χ3n) is 1.78. The van der Waals surface area contributed by atoms with Gasteiger partial charge in [-0.1, -0.05) is 52.4 Å². The Kier molecular flexibility index (Phi) is 9.00. The molecule has 10 heavy (non-hydrogen) atoms. The molecule has 0 aliphatic heterocycles. The zero-order valence-electron chi connectivity index (χ0n) is 7.45. The molecule has 0 aromatic heterocycles. The van der Waals surface area contributed by atoms with Gasteiger partial charge >= 0.3 is 0 Å². The number of hydrogen-bond donors (Lipinski definition) is 0. The summed E-state index contributed by atoms with van der Waals surface area (Å²) in [5.41, 5.74) is 0. The summed E-state index contributed by atoms with van der Waals surface area (Å²) in [4.78, 5) is 0. The van der Waals surface area contributed by atoms with Crippen LogP contribution in [0.25, 0.3) is 0 Å². The lowest BCUT2D eigenvalue weighted by atomic mass is 10.1. The standard InChI is InChI=1S/C10H20/c1-3-5-7-9-10-8-6-4-2/h3,5-10H2,1-2H3. The van der Waals surface area contributed by atoms with Crippen LogP contribution in [-0.2, 0) is 0 Å². The maximum Gasteiger partial charge on any atom is -0.0207 e. The molecule has 0 aromatic carbocycles. The van der Waals surface area contributed by atoms with Crippen LogP contribution >= 0.6 is 0 Å². The first-order chi connectivity index (χ1) is 4.91. The van der Waals surface area contributed by atoms with Gasteiger partial charge in [0.1, 0.15) is 0 Å². The van der Waals surface area contributed by atoms with Crippen LogP contribution in [0.4, 0.5) is 0 Å². The van der Waals surface area contributed by atoms with E-state index in [2.05, 4.69) is 13.3 Å². The molecule has 0 bridgehead atoms. The zero-order chi connectivity index (χ0) is 7.66. The first kappa shape index (κ1) is 10.0. The second-order valence-corrected chi connectivity index (χ2v) is 2.87. The zero-order valence-corrected chi connectivity index (χ0v) is 7.45. The third kappa shape index (κ3) is 8.00. The molecule has 0 N–H and O–H groups in total. The van der Waals surface area contributed by atoms with Gasteiger partial charge in [0.25, 0.3) is 0 Å². The van der Waals surface area contributed by atoms with Gasteiger partial charge in [0.05, 0.1) is 0 Å². The van der Waals surface area contributed by atoms with E-state index in [4.69, 9.17) is 0 Å². The molecule has 0 fully saturated rings. The Morgan fingerprint density at radius 2 is 1.50 bits per heavy atom. The van der Waals surface area contributed by atoms with Crippen molar-refractivity contribution in [3.05, 3.63) is 6.42 Å². The average Bonchev–Trinajstić information content (AvgIpc) is 1.97. The van der Waals surface area contributed by atoms with Crippen molar-refractivity contribution in [3.8, 4) is 0 Å². The SMILES string of the molecule is C[C]CCCCCCCC. The van der Waals surface area contributed by atoms with E-state index in [9.17, 15) is 0 Å². The molecule has 0 nitrogen and oxygen atoms in total. The Labute approximate surface area is 66.0 Å². The van der Waals surface area contributed by atoms with E-state index in [0.29, 0.717) is 0 Å². The fourth-order valence-electron chi connectivity index (χ4n) is 1.08. The third-order valence-corrected chi connectivity index (χ3v) is 1.78. The molecule has 0 spiro atoms. The molecule has 0 unspecified atom stereocenters. The van der Waals surface area contributed by atoms with Gasteiger partial charge in [0, 0.05) is 0 Å². The average molecular weight is 140 g/mol. The molecule has 2 radical (unpaired) electrons. The van der Waals surface area contributed by atoms with E-state index in [1.54, 1.807) is 0 Å². The van der Waals surface area contributed by atoms with Crippen LogP contribution in [0.15, 0.2) is 0 Å². The van der Waals surface area contributed by atoms with Crippen molar-refractivity contribution in [1.29, 1.82) is 0 Å². The molecule has 0 aromatic rings. The Hall–Kier alpha value is 0. The van der Waals surface area contributed by atoms with E-state index in [1.165, 1.54) is 44.9 Å². The van der Waals surface area contributed by atoms with Crippen molar-refractivity contribution in [1.82, 2.24) is 0 Å². The molecule has 0 heterocycles. The highest BCUT2D eigenvalue weighted by molar-refractivity contribution is 4.55. The summed E-state index contributed by atoms with van der Waals surface area (Å²) in [7, 11) is 0. The monoisotopic (exact) mass is 140 g/mol. The van der Waals surface area contributed by atoms with Crippen LogP contribution in [0.1, 0.15) is 58.8 Å². The summed E-state index contributed by atoms with van der Waals surface area (Å²) in [6.07, 6.45) is 12.7. The molecular formula is C10H20. The summed E-state index contributed by atoms with van der Waals surface area (Å²) in [6, 6.07) is 0. The normalized spacial score (nSPS) is 10.2. The number of hydrogen-bond acceptors (Lipinski definition) is 0. The Balaban J connectivity index is 2.65. The van der Waals surface area contributed by atoms with Crippen molar-refractivity contribution in [2.45, 2.75) is 58.8 Å². The minimum absolute atomic E-state index is 1.19. The Morgan fingerprint density at radius 3 is 2.10 bits per heavy atom. The van der Waals surface area contributed by atoms with Gasteiger partial charge in [-0.25, -0.2) is 0 Å². The molecule has 0 amide bonds. The highest BCUT2D eigenvalue weighted by Crippen LogP contribution is 2.07. The van der Waals surface area contributed by atoms with Crippen molar-refractivity contribution >= 4 is 0 Å². The predicted molar refractivity (Wildman–Crippen MR) is 46.9 cm³/mol. The lowest BCUT2D eigenvalue weighted by molar-refractivity contribution is 0.605. The molecule has 0 saturated heterocycles. The van der Waals surface area contributed by atoms with Crippen molar-refractivity contribution < 1.29 is 0 Å². The van der Waals surface area contributed by atoms with Gasteiger partial charge in [-0.05, 0) is 12.8 Å². The smallest absolute Gasteiger partial charge is 0.0207 e. The summed E-state index contributed by atoms with van der Waals surface area (Å²) in [5, 5.41) is 0. The second-order valence-electron chi connectivity index (χ2n) is 2.87. The lowest BCUT2D eigenvalue weighted by Crippen LogP contribution is -1.78. The predicted octanol–water partition coefficient (Wildman–Crippen LogP) is 3.84. The molecular weight excluding hydrogens is 120 g/mol. The summed E-state index contributed by atoms with van der Waals surface area (Å²) < 4.78 is 0. The Bertz CT molecular complexity index is 40.0. The van der Waals surface area contributed by atoms with Crippen molar-refractivity contribution in [2.75, 3.05) is 0 Å². The molecule has 0 atom stereocenters. The molecule has 0 rings (SSSR count). The first-order valence-corrected chi connectivity index (χ1v) is 4.56. The fourth-order valence-corrected chi connectivity index (χ4v) is 1.08. The van der Waals surface area contributed by atoms with Crippen LogP contribution in [0.2, 0.25) is 0 Å². The van der Waals surface area contributed by atoms with Gasteiger partial charge in [0.2, 0.25) is 0 Å². The Morgan fingerprint density at radius 1 is 0.900 bits per heavy atom. The van der Waals surface area contributed by atoms with Crippen molar-refractivity contribution in [2.24, 2.45) is 0 Å². The highest BCUT2D eigenvalue weighted by atomic mass is 13.9. The van der Waals surface area contributed by atoms with Gasteiger partial charge in [-0.2, -0.15) is 0 Å². The minimum atomic E-state index is 1.19. The lowest BCUT2D eigenvalue weighted by Gasteiger charge is -1.97. The van der Waals surface area contributed by atoms with E-state index in [1.807, 2.05) is 6.92 Å². The largest absolute Gasteiger partial charge is 0.0654 e. The van der Waals surface area contributed by atoms with Gasteiger partial charge in [0.15, 0.2) is 0 Å². The van der Waals surface area contributed by atoms with E-state index in [-0.39, 0.29) is 0 Å². The van der Waals surface area contributed by atoms with Crippen LogP contribution < -0.4 is 0 Å². The highest BCUT2D eigenvalue weighted by Gasteiger charge is 1.87. The minimum Gasteiger partial charge on any atom is -0.0654 e. The van der Waals surface area contributed by atoms with Crippen LogP contribution in [-0.4, -0.2) is 0 Å². The summed E-state index contributed by atoms with van der Waals surface area (Å²) >= 11 is 0. The van der Waals surface area contributed by atoms with Crippen LogP contribution in [0, 0.1) is 6.42 Å². The maximum atomic E-state index is 3.16. The van der Waals surface area contributed by atoms with E-state index < -0.39 is 0 Å². The van der Waals surface area contributed by atoms with Gasteiger partial charge in [-0.15, -0.1) is 0 Å². The van der Waals surface area contributed by atoms with Gasteiger partial charge in [-0.3, -0.25) is 0 Å². The quantitative estimate of drug-likeness (QED) is 0.471. The maximum absolute atomic E-state index is 3.16. The molecule has 0 heteroatoms. The number of rotatable bonds is 7. The fraction of sp³-hybridized carbons (Fsp3) is 0.900. The van der Waals surface area contributed by atoms with E-state index in [0.717, 1.165) is 0 Å². The molecule has 0 aliphatic rings.